The molecule has 0 amide bonds. The third kappa shape index (κ3) is 3.33. The van der Waals surface area contributed by atoms with Crippen molar-refractivity contribution in [1.82, 2.24) is 0 Å². The lowest BCUT2D eigenvalue weighted by atomic mass is 10.2. The topological polar surface area (TPSA) is 39.4 Å². The van der Waals surface area contributed by atoms with Crippen LogP contribution in [0.25, 0.3) is 11.0 Å². The first-order valence-corrected chi connectivity index (χ1v) is 6.36. The maximum atomic E-state index is 11.4. The zero-order chi connectivity index (χ0) is 12.8. The molecule has 0 saturated heterocycles. The molecule has 0 bridgehead atoms. The molecular formula is C13H15BrO3. The molecule has 17 heavy (non-hydrogen) atoms. The molecule has 1 heterocycles. The smallest absolute Gasteiger partial charge is 0.374 e. The van der Waals surface area contributed by atoms with Gasteiger partial charge in [0.15, 0.2) is 0 Å². The zero-order valence-electron chi connectivity index (χ0n) is 10.1. The Hall–Kier alpha value is -1.29. The average molecular weight is 299 g/mol. The summed E-state index contributed by atoms with van der Waals surface area (Å²) in [6.07, 6.45) is 0. The molecule has 0 saturated carbocycles. The van der Waals surface area contributed by atoms with Crippen molar-refractivity contribution in [3.8, 4) is 0 Å². The second kappa shape index (κ2) is 6.45. The van der Waals surface area contributed by atoms with Crippen molar-refractivity contribution in [2.24, 2.45) is 0 Å². The molecule has 0 aliphatic carbocycles. The number of fused-ring (bicyclic) bond motifs is 1. The van der Waals surface area contributed by atoms with Crippen LogP contribution in [0.1, 0.15) is 31.3 Å². The van der Waals surface area contributed by atoms with E-state index in [1.807, 2.05) is 32.0 Å². The lowest BCUT2D eigenvalue weighted by Gasteiger charge is -1.95. The van der Waals surface area contributed by atoms with Crippen LogP contribution < -0.4 is 0 Å². The molecule has 0 fully saturated rings. The molecule has 0 atom stereocenters. The molecule has 0 radical (unpaired) electrons. The van der Waals surface area contributed by atoms with E-state index in [0.717, 1.165) is 9.86 Å². The summed E-state index contributed by atoms with van der Waals surface area (Å²) in [6, 6.07) is 7.24. The van der Waals surface area contributed by atoms with E-state index in [1.165, 1.54) is 0 Å². The zero-order valence-corrected chi connectivity index (χ0v) is 11.7. The van der Waals surface area contributed by atoms with Crippen LogP contribution in [0.15, 0.2) is 33.2 Å². The number of carbonyl (C=O) groups is 1. The summed E-state index contributed by atoms with van der Waals surface area (Å²) in [7, 11) is 0. The van der Waals surface area contributed by atoms with Crippen molar-refractivity contribution in [1.29, 1.82) is 0 Å². The molecule has 3 nitrogen and oxygen atoms in total. The van der Waals surface area contributed by atoms with Gasteiger partial charge in [0.05, 0.1) is 6.61 Å². The molecule has 0 unspecified atom stereocenters. The molecule has 4 heteroatoms. The lowest BCUT2D eigenvalue weighted by Crippen LogP contribution is -2.02. The molecule has 2 rings (SSSR count). The highest BCUT2D eigenvalue weighted by Gasteiger charge is 2.12. The monoisotopic (exact) mass is 298 g/mol. The van der Waals surface area contributed by atoms with Crippen LogP contribution in [0.3, 0.4) is 0 Å². The van der Waals surface area contributed by atoms with Crippen molar-refractivity contribution in [2.45, 2.75) is 20.8 Å². The Labute approximate surface area is 109 Å². The van der Waals surface area contributed by atoms with E-state index in [9.17, 15) is 4.79 Å². The summed E-state index contributed by atoms with van der Waals surface area (Å²) in [4.78, 5) is 11.4. The van der Waals surface area contributed by atoms with Gasteiger partial charge in [-0.15, -0.1) is 0 Å². The van der Waals surface area contributed by atoms with E-state index in [2.05, 4.69) is 15.9 Å². The highest BCUT2D eigenvalue weighted by atomic mass is 79.9. The molecule has 0 aliphatic heterocycles. The predicted molar refractivity (Wildman–Crippen MR) is 71.2 cm³/mol. The number of carbonyl (C=O) groups excluding carboxylic acids is 1. The number of furan rings is 1. The Morgan fingerprint density at radius 1 is 1.35 bits per heavy atom. The molecule has 0 spiro atoms. The first-order valence-electron chi connectivity index (χ1n) is 5.57. The van der Waals surface area contributed by atoms with Gasteiger partial charge in [0.2, 0.25) is 5.76 Å². The Morgan fingerprint density at radius 2 is 2.06 bits per heavy atom. The minimum Gasteiger partial charge on any atom is -0.460 e. The van der Waals surface area contributed by atoms with Gasteiger partial charge < -0.3 is 9.15 Å². The van der Waals surface area contributed by atoms with E-state index in [1.54, 1.807) is 13.0 Å². The van der Waals surface area contributed by atoms with Gasteiger partial charge in [-0.2, -0.15) is 0 Å². The molecule has 1 aromatic heterocycles. The fraction of sp³-hybridized carbons (Fsp3) is 0.308. The largest absolute Gasteiger partial charge is 0.460 e. The number of rotatable bonds is 2. The van der Waals surface area contributed by atoms with Crippen molar-refractivity contribution in [2.75, 3.05) is 6.61 Å². The highest BCUT2D eigenvalue weighted by Crippen LogP contribution is 2.23. The number of hydrogen-bond donors (Lipinski definition) is 0. The summed E-state index contributed by atoms with van der Waals surface area (Å²) in [5.41, 5.74) is 0.682. The van der Waals surface area contributed by atoms with Gasteiger partial charge >= 0.3 is 5.97 Å². The van der Waals surface area contributed by atoms with E-state index in [0.29, 0.717) is 12.2 Å². The molecule has 2 aromatic rings. The fourth-order valence-electron chi connectivity index (χ4n) is 1.32. The number of ether oxygens (including phenoxy) is 1. The quantitative estimate of drug-likeness (QED) is 0.772. The predicted octanol–water partition coefficient (Wildman–Crippen LogP) is 4.40. The Kier molecular flexibility index (Phi) is 5.22. The third-order valence-electron chi connectivity index (χ3n) is 1.95. The van der Waals surface area contributed by atoms with Crippen LogP contribution >= 0.6 is 15.9 Å². The fourth-order valence-corrected chi connectivity index (χ4v) is 1.70. The Morgan fingerprint density at radius 3 is 2.71 bits per heavy atom. The van der Waals surface area contributed by atoms with Gasteiger partial charge in [-0.1, -0.05) is 29.8 Å². The second-order valence-electron chi connectivity index (χ2n) is 3.01. The van der Waals surface area contributed by atoms with E-state index >= 15 is 0 Å². The minimum absolute atomic E-state index is 0.241. The van der Waals surface area contributed by atoms with E-state index < -0.39 is 5.97 Å². The second-order valence-corrected chi connectivity index (χ2v) is 3.93. The first kappa shape index (κ1) is 13.8. The van der Waals surface area contributed by atoms with Gasteiger partial charge in [0.1, 0.15) is 5.58 Å². The standard InChI is InChI=1S/C11H9BrO3.C2H6/c1-2-14-11(13)10-6-7-5-8(12)3-4-9(7)15-10;1-2/h3-6H,2H2,1H3;1-2H3. The summed E-state index contributed by atoms with van der Waals surface area (Å²) < 4.78 is 11.1. The maximum absolute atomic E-state index is 11.4. The van der Waals surface area contributed by atoms with Gasteiger partial charge in [0.25, 0.3) is 0 Å². The summed E-state index contributed by atoms with van der Waals surface area (Å²) >= 11 is 3.35. The normalized spacial score (nSPS) is 9.65. The highest BCUT2D eigenvalue weighted by molar-refractivity contribution is 9.10. The van der Waals surface area contributed by atoms with Crippen LogP contribution in [0.2, 0.25) is 0 Å². The van der Waals surface area contributed by atoms with Gasteiger partial charge in [-0.3, -0.25) is 0 Å². The maximum Gasteiger partial charge on any atom is 0.374 e. The van der Waals surface area contributed by atoms with Crippen molar-refractivity contribution in [3.63, 3.8) is 0 Å². The van der Waals surface area contributed by atoms with Crippen LogP contribution in [0.4, 0.5) is 0 Å². The Balaban J connectivity index is 0.000000686. The summed E-state index contributed by atoms with van der Waals surface area (Å²) in [6.45, 7) is 6.11. The van der Waals surface area contributed by atoms with Crippen LogP contribution in [-0.4, -0.2) is 12.6 Å². The number of benzene rings is 1. The van der Waals surface area contributed by atoms with Crippen molar-refractivity contribution in [3.05, 3.63) is 34.5 Å². The van der Waals surface area contributed by atoms with Crippen LogP contribution in [0.5, 0.6) is 0 Å². The summed E-state index contributed by atoms with van der Waals surface area (Å²) in [5, 5.41) is 0.882. The molecule has 92 valence electrons. The first-order chi connectivity index (χ1) is 8.20. The molecule has 0 aliphatic rings. The van der Waals surface area contributed by atoms with Gasteiger partial charge in [0, 0.05) is 9.86 Å². The third-order valence-corrected chi connectivity index (χ3v) is 2.45. The lowest BCUT2D eigenvalue weighted by molar-refractivity contribution is 0.0492. The van der Waals surface area contributed by atoms with Crippen molar-refractivity contribution >= 4 is 32.9 Å². The van der Waals surface area contributed by atoms with Crippen LogP contribution in [-0.2, 0) is 4.74 Å². The molecule has 0 N–H and O–H groups in total. The molecular weight excluding hydrogens is 284 g/mol. The molecule has 1 aromatic carbocycles. The minimum atomic E-state index is -0.426. The van der Waals surface area contributed by atoms with E-state index in [-0.39, 0.29) is 5.76 Å². The van der Waals surface area contributed by atoms with E-state index in [4.69, 9.17) is 9.15 Å². The van der Waals surface area contributed by atoms with Gasteiger partial charge in [-0.05, 0) is 31.2 Å². The number of esters is 1. The number of hydrogen-bond acceptors (Lipinski definition) is 3. The Bertz CT molecular complexity index is 502. The van der Waals surface area contributed by atoms with Crippen molar-refractivity contribution < 1.29 is 13.9 Å². The SMILES string of the molecule is CC.CCOC(=O)c1cc2cc(Br)ccc2o1. The van der Waals surface area contributed by atoms with Gasteiger partial charge in [-0.25, -0.2) is 4.79 Å². The average Bonchev–Trinajstić information content (AvgIpc) is 2.75. The number of halogens is 1. The summed E-state index contributed by atoms with van der Waals surface area (Å²) in [5.74, 6) is -0.185. The van der Waals surface area contributed by atoms with Crippen LogP contribution in [0, 0.1) is 0 Å².